The summed E-state index contributed by atoms with van der Waals surface area (Å²) in [5.41, 5.74) is 5.18. The van der Waals surface area contributed by atoms with Crippen molar-refractivity contribution in [3.63, 3.8) is 0 Å². The summed E-state index contributed by atoms with van der Waals surface area (Å²) in [7, 11) is 0. The number of primary amides is 1. The molecule has 5 nitrogen and oxygen atoms in total. The third kappa shape index (κ3) is 4.35. The van der Waals surface area contributed by atoms with E-state index < -0.39 is 0 Å². The van der Waals surface area contributed by atoms with E-state index in [1.165, 1.54) is 0 Å². The topological polar surface area (TPSA) is 75.4 Å². The van der Waals surface area contributed by atoms with E-state index in [-0.39, 0.29) is 23.8 Å². The number of nitrogens with zero attached hydrogens (tertiary/aromatic N) is 1. The lowest BCUT2D eigenvalue weighted by molar-refractivity contribution is -0.126. The Labute approximate surface area is 114 Å². The van der Waals surface area contributed by atoms with E-state index in [2.05, 4.69) is 17.5 Å². The lowest BCUT2D eigenvalue weighted by atomic mass is 9.93. The first-order chi connectivity index (χ1) is 9.15. The average Bonchev–Trinajstić information content (AvgIpc) is 2.41. The van der Waals surface area contributed by atoms with Gasteiger partial charge < -0.3 is 11.1 Å². The molecule has 1 saturated heterocycles. The maximum absolute atomic E-state index is 12.1. The number of nitrogens with one attached hydrogen (secondary N) is 1. The Balaban J connectivity index is 1.71. The molecule has 19 heavy (non-hydrogen) atoms. The van der Waals surface area contributed by atoms with Gasteiger partial charge in [0.1, 0.15) is 0 Å². The Morgan fingerprint density at radius 2 is 1.95 bits per heavy atom. The van der Waals surface area contributed by atoms with Gasteiger partial charge in [-0.2, -0.15) is 0 Å². The summed E-state index contributed by atoms with van der Waals surface area (Å²) in [6.07, 6.45) is 8.89. The highest BCUT2D eigenvalue weighted by Gasteiger charge is 2.25. The van der Waals surface area contributed by atoms with Gasteiger partial charge in [0.15, 0.2) is 0 Å². The number of allylic oxidation sites excluding steroid dienone is 2. The highest BCUT2D eigenvalue weighted by molar-refractivity contribution is 5.79. The van der Waals surface area contributed by atoms with Gasteiger partial charge in [-0.25, -0.2) is 0 Å². The highest BCUT2D eigenvalue weighted by atomic mass is 16.2. The van der Waals surface area contributed by atoms with Crippen molar-refractivity contribution >= 4 is 11.8 Å². The van der Waals surface area contributed by atoms with Crippen molar-refractivity contribution in [2.75, 3.05) is 19.6 Å². The number of hydrogen-bond donors (Lipinski definition) is 2. The minimum atomic E-state index is -0.281. The molecular weight excluding hydrogens is 242 g/mol. The molecule has 0 aromatic rings. The van der Waals surface area contributed by atoms with Gasteiger partial charge in [0, 0.05) is 25.0 Å². The molecule has 1 aliphatic carbocycles. The minimum Gasteiger partial charge on any atom is -0.369 e. The summed E-state index contributed by atoms with van der Waals surface area (Å²) in [5, 5.41) is 3.15. The number of amides is 2. The van der Waals surface area contributed by atoms with E-state index in [9.17, 15) is 9.59 Å². The van der Waals surface area contributed by atoms with Crippen LogP contribution in [0.25, 0.3) is 0 Å². The molecule has 0 radical (unpaired) electrons. The molecule has 1 fully saturated rings. The predicted octanol–water partition coefficient (Wildman–Crippen LogP) is 0.409. The van der Waals surface area contributed by atoms with Crippen LogP contribution in [0.5, 0.6) is 0 Å². The molecule has 2 aliphatic rings. The second-order valence-corrected chi connectivity index (χ2v) is 5.51. The molecular formula is C14H23N3O2. The Morgan fingerprint density at radius 3 is 2.53 bits per heavy atom. The number of rotatable bonds is 4. The lowest BCUT2D eigenvalue weighted by Crippen LogP contribution is -2.48. The van der Waals surface area contributed by atoms with Crippen molar-refractivity contribution in [2.45, 2.75) is 38.1 Å². The second-order valence-electron chi connectivity index (χ2n) is 5.51. The smallest absolute Gasteiger partial charge is 0.231 e. The van der Waals surface area contributed by atoms with E-state index in [1.54, 1.807) is 0 Å². The van der Waals surface area contributed by atoms with E-state index in [0.29, 0.717) is 6.54 Å². The third-order valence-corrected chi connectivity index (χ3v) is 3.95. The fraction of sp³-hybridized carbons (Fsp3) is 0.714. The third-order valence-electron chi connectivity index (χ3n) is 3.95. The molecule has 0 saturated carbocycles. The summed E-state index contributed by atoms with van der Waals surface area (Å²) in [4.78, 5) is 25.0. The van der Waals surface area contributed by atoms with Crippen molar-refractivity contribution in [2.24, 2.45) is 11.7 Å². The van der Waals surface area contributed by atoms with Gasteiger partial charge in [0.2, 0.25) is 11.8 Å². The van der Waals surface area contributed by atoms with Crippen molar-refractivity contribution in [1.29, 1.82) is 0 Å². The fourth-order valence-electron chi connectivity index (χ4n) is 2.81. The molecule has 0 unspecified atom stereocenters. The van der Waals surface area contributed by atoms with Crippen LogP contribution in [0.4, 0.5) is 0 Å². The number of carbonyl (C=O) groups excluding carboxylic acids is 2. The van der Waals surface area contributed by atoms with Gasteiger partial charge >= 0.3 is 0 Å². The van der Waals surface area contributed by atoms with Gasteiger partial charge in [0.05, 0.1) is 6.54 Å². The Bertz CT molecular complexity index is 360. The van der Waals surface area contributed by atoms with E-state index in [4.69, 9.17) is 5.73 Å². The molecule has 0 aromatic carbocycles. The summed E-state index contributed by atoms with van der Waals surface area (Å²) in [5.74, 6) is 0.0582. The zero-order valence-electron chi connectivity index (χ0n) is 11.3. The average molecular weight is 265 g/mol. The van der Waals surface area contributed by atoms with Crippen LogP contribution in [0.3, 0.4) is 0 Å². The number of likely N-dealkylation sites (tertiary alicyclic amines) is 1. The summed E-state index contributed by atoms with van der Waals surface area (Å²) < 4.78 is 0. The number of nitrogens with two attached hydrogens (primary N) is 1. The van der Waals surface area contributed by atoms with Gasteiger partial charge in [-0.1, -0.05) is 12.2 Å². The Hall–Kier alpha value is -1.36. The number of hydrogen-bond acceptors (Lipinski definition) is 3. The van der Waals surface area contributed by atoms with Gasteiger partial charge in [-0.05, 0) is 32.1 Å². The maximum atomic E-state index is 12.1. The van der Waals surface area contributed by atoms with Crippen LogP contribution in [0.15, 0.2) is 12.2 Å². The van der Waals surface area contributed by atoms with E-state index >= 15 is 0 Å². The van der Waals surface area contributed by atoms with Crippen molar-refractivity contribution < 1.29 is 9.59 Å². The normalized spacial score (nSPS) is 25.2. The largest absolute Gasteiger partial charge is 0.369 e. The van der Waals surface area contributed by atoms with E-state index in [1.807, 2.05) is 4.90 Å². The molecule has 2 rings (SSSR count). The van der Waals surface area contributed by atoms with Gasteiger partial charge in [0.25, 0.3) is 0 Å². The van der Waals surface area contributed by atoms with Crippen LogP contribution >= 0.6 is 0 Å². The summed E-state index contributed by atoms with van der Waals surface area (Å²) in [6, 6.07) is 0.252. The molecule has 1 heterocycles. The SMILES string of the molecule is NC(=O)CN1CCC(NC(=O)[C@H]2CC=CCC2)CC1. The van der Waals surface area contributed by atoms with Crippen LogP contribution in [0.2, 0.25) is 0 Å². The van der Waals surface area contributed by atoms with Crippen molar-refractivity contribution in [3.8, 4) is 0 Å². The molecule has 1 aliphatic heterocycles. The van der Waals surface area contributed by atoms with Gasteiger partial charge in [-0.3, -0.25) is 14.5 Å². The van der Waals surface area contributed by atoms with Crippen LogP contribution in [0, 0.1) is 5.92 Å². The molecule has 5 heteroatoms. The maximum Gasteiger partial charge on any atom is 0.231 e. The quantitative estimate of drug-likeness (QED) is 0.723. The molecule has 2 amide bonds. The zero-order valence-corrected chi connectivity index (χ0v) is 11.3. The van der Waals surface area contributed by atoms with Gasteiger partial charge in [-0.15, -0.1) is 0 Å². The number of piperidine rings is 1. The zero-order chi connectivity index (χ0) is 13.7. The second kappa shape index (κ2) is 6.70. The molecule has 3 N–H and O–H groups in total. The Morgan fingerprint density at radius 1 is 1.21 bits per heavy atom. The molecule has 0 bridgehead atoms. The Kier molecular flexibility index (Phi) is 4.96. The molecule has 1 atom stereocenters. The lowest BCUT2D eigenvalue weighted by Gasteiger charge is -2.32. The first-order valence-electron chi connectivity index (χ1n) is 7.11. The monoisotopic (exact) mass is 265 g/mol. The van der Waals surface area contributed by atoms with Crippen LogP contribution in [-0.2, 0) is 9.59 Å². The fourth-order valence-corrected chi connectivity index (χ4v) is 2.81. The summed E-state index contributed by atoms with van der Waals surface area (Å²) in [6.45, 7) is 1.99. The number of carbonyl (C=O) groups is 2. The van der Waals surface area contributed by atoms with E-state index in [0.717, 1.165) is 45.2 Å². The summed E-state index contributed by atoms with van der Waals surface area (Å²) >= 11 is 0. The highest BCUT2D eigenvalue weighted by Crippen LogP contribution is 2.19. The van der Waals surface area contributed by atoms with Crippen molar-refractivity contribution in [3.05, 3.63) is 12.2 Å². The minimum absolute atomic E-state index is 0.147. The standard InChI is InChI=1S/C14H23N3O2/c15-13(18)10-17-8-6-12(7-9-17)16-14(19)11-4-2-1-3-5-11/h1-2,11-12H,3-10H2,(H2,15,18)(H,16,19)/t11-/m0/s1. The first kappa shape index (κ1) is 14.1. The van der Waals surface area contributed by atoms with Crippen LogP contribution in [0.1, 0.15) is 32.1 Å². The molecule has 0 spiro atoms. The van der Waals surface area contributed by atoms with Crippen molar-refractivity contribution in [1.82, 2.24) is 10.2 Å². The van der Waals surface area contributed by atoms with Crippen LogP contribution in [-0.4, -0.2) is 42.4 Å². The predicted molar refractivity (Wildman–Crippen MR) is 73.3 cm³/mol. The first-order valence-corrected chi connectivity index (χ1v) is 7.11. The molecule has 106 valence electrons. The molecule has 0 aromatic heterocycles. The van der Waals surface area contributed by atoms with Crippen LogP contribution < -0.4 is 11.1 Å².